The molecule has 0 aromatic rings. The molecule has 2 heteroatoms. The van der Waals surface area contributed by atoms with Gasteiger partial charge < -0.3 is 10.0 Å². The van der Waals surface area contributed by atoms with E-state index in [1.807, 2.05) is 0 Å². The van der Waals surface area contributed by atoms with Gasteiger partial charge in [0.2, 0.25) is 0 Å². The first-order valence-electron chi connectivity index (χ1n) is 6.92. The van der Waals surface area contributed by atoms with E-state index in [4.69, 9.17) is 0 Å². The minimum Gasteiger partial charge on any atom is -0.393 e. The lowest BCUT2D eigenvalue weighted by atomic mass is 9.80. The van der Waals surface area contributed by atoms with Crippen molar-refractivity contribution >= 4 is 0 Å². The van der Waals surface area contributed by atoms with Crippen LogP contribution >= 0.6 is 0 Å². The molecule has 96 valence electrons. The highest BCUT2D eigenvalue weighted by Crippen LogP contribution is 2.30. The summed E-state index contributed by atoms with van der Waals surface area (Å²) in [5.41, 5.74) is 0. The van der Waals surface area contributed by atoms with Crippen molar-refractivity contribution in [3.63, 3.8) is 0 Å². The number of aliphatic hydroxyl groups is 1. The molecule has 1 fully saturated rings. The number of rotatable bonds is 5. The monoisotopic (exact) mass is 227 g/mol. The second-order valence-corrected chi connectivity index (χ2v) is 5.87. The molecule has 1 rings (SSSR count). The first kappa shape index (κ1) is 14.0. The Morgan fingerprint density at radius 1 is 1.31 bits per heavy atom. The van der Waals surface area contributed by atoms with Gasteiger partial charge >= 0.3 is 0 Å². The molecule has 0 aromatic carbocycles. The van der Waals surface area contributed by atoms with E-state index in [-0.39, 0.29) is 6.10 Å². The summed E-state index contributed by atoms with van der Waals surface area (Å²) in [6, 6.07) is 0.604. The highest BCUT2D eigenvalue weighted by molar-refractivity contribution is 4.85. The third-order valence-corrected chi connectivity index (χ3v) is 4.08. The van der Waals surface area contributed by atoms with Crippen molar-refractivity contribution < 1.29 is 5.11 Å². The Kier molecular flexibility index (Phi) is 5.77. The predicted molar refractivity (Wildman–Crippen MR) is 69.5 cm³/mol. The van der Waals surface area contributed by atoms with Gasteiger partial charge in [0.05, 0.1) is 6.10 Å². The van der Waals surface area contributed by atoms with E-state index in [1.54, 1.807) is 0 Å². The molecule has 3 atom stereocenters. The van der Waals surface area contributed by atoms with Crippen LogP contribution in [-0.4, -0.2) is 35.7 Å². The molecule has 0 heterocycles. The standard InChI is InChI=1S/C14H29NO/c1-5-12-6-7-13(16)10-14(12)15(4)9-8-11(2)3/h11-14,16H,5-10H2,1-4H3. The Bertz CT molecular complexity index is 193. The van der Waals surface area contributed by atoms with Crippen molar-refractivity contribution in [2.24, 2.45) is 11.8 Å². The quantitative estimate of drug-likeness (QED) is 0.780. The molecule has 2 nitrogen and oxygen atoms in total. The van der Waals surface area contributed by atoms with Gasteiger partial charge in [0.1, 0.15) is 0 Å². The Morgan fingerprint density at radius 2 is 2.00 bits per heavy atom. The Morgan fingerprint density at radius 3 is 2.56 bits per heavy atom. The van der Waals surface area contributed by atoms with Crippen molar-refractivity contribution in [1.82, 2.24) is 4.90 Å². The summed E-state index contributed by atoms with van der Waals surface area (Å²) >= 11 is 0. The molecule has 1 aliphatic carbocycles. The average molecular weight is 227 g/mol. The van der Waals surface area contributed by atoms with Crippen molar-refractivity contribution in [2.75, 3.05) is 13.6 Å². The minimum atomic E-state index is -0.0608. The van der Waals surface area contributed by atoms with Crippen LogP contribution < -0.4 is 0 Å². The van der Waals surface area contributed by atoms with Gasteiger partial charge in [0, 0.05) is 6.04 Å². The van der Waals surface area contributed by atoms with Crippen molar-refractivity contribution in [1.29, 1.82) is 0 Å². The van der Waals surface area contributed by atoms with Crippen LogP contribution in [0.25, 0.3) is 0 Å². The molecule has 0 saturated heterocycles. The zero-order chi connectivity index (χ0) is 12.1. The lowest BCUT2D eigenvalue weighted by molar-refractivity contribution is 0.0350. The maximum Gasteiger partial charge on any atom is 0.0555 e. The van der Waals surface area contributed by atoms with Gasteiger partial charge in [-0.05, 0) is 51.1 Å². The molecule has 0 bridgehead atoms. The SMILES string of the molecule is CCC1CCC(O)CC1N(C)CCC(C)C. The topological polar surface area (TPSA) is 23.5 Å². The van der Waals surface area contributed by atoms with Gasteiger partial charge in [-0.15, -0.1) is 0 Å². The third kappa shape index (κ3) is 4.06. The summed E-state index contributed by atoms with van der Waals surface area (Å²) < 4.78 is 0. The van der Waals surface area contributed by atoms with E-state index >= 15 is 0 Å². The number of hydrogen-bond donors (Lipinski definition) is 1. The van der Waals surface area contributed by atoms with Crippen molar-refractivity contribution in [3.8, 4) is 0 Å². The summed E-state index contributed by atoms with van der Waals surface area (Å²) in [5.74, 6) is 1.57. The van der Waals surface area contributed by atoms with Crippen LogP contribution in [0.5, 0.6) is 0 Å². The van der Waals surface area contributed by atoms with E-state index < -0.39 is 0 Å². The summed E-state index contributed by atoms with van der Waals surface area (Å²) in [6.07, 6.45) is 5.64. The lowest BCUT2D eigenvalue weighted by Crippen LogP contribution is -2.44. The van der Waals surface area contributed by atoms with Gasteiger partial charge in [-0.3, -0.25) is 0 Å². The van der Waals surface area contributed by atoms with Gasteiger partial charge in [0.15, 0.2) is 0 Å². The van der Waals surface area contributed by atoms with E-state index in [0.717, 1.165) is 24.7 Å². The fourth-order valence-electron chi connectivity index (χ4n) is 2.83. The van der Waals surface area contributed by atoms with Gasteiger partial charge in [-0.2, -0.15) is 0 Å². The van der Waals surface area contributed by atoms with E-state index in [1.165, 1.54) is 25.8 Å². The predicted octanol–water partition coefficient (Wildman–Crippen LogP) is 2.90. The molecule has 3 unspecified atom stereocenters. The highest BCUT2D eigenvalue weighted by atomic mass is 16.3. The Balaban J connectivity index is 2.46. The van der Waals surface area contributed by atoms with Crippen LogP contribution in [-0.2, 0) is 0 Å². The molecule has 0 aliphatic heterocycles. The van der Waals surface area contributed by atoms with Gasteiger partial charge in [0.25, 0.3) is 0 Å². The summed E-state index contributed by atoms with van der Waals surface area (Å²) in [4.78, 5) is 2.48. The minimum absolute atomic E-state index is 0.0608. The fraction of sp³-hybridized carbons (Fsp3) is 1.00. The molecule has 0 radical (unpaired) electrons. The maximum atomic E-state index is 9.79. The molecule has 16 heavy (non-hydrogen) atoms. The first-order chi connectivity index (χ1) is 7.54. The second-order valence-electron chi connectivity index (χ2n) is 5.87. The summed E-state index contributed by atoms with van der Waals surface area (Å²) in [6.45, 7) is 8.01. The molecule has 0 aromatic heterocycles. The van der Waals surface area contributed by atoms with Crippen LogP contribution in [0.1, 0.15) is 52.9 Å². The molecule has 0 amide bonds. The summed E-state index contributed by atoms with van der Waals surface area (Å²) in [7, 11) is 2.23. The van der Waals surface area contributed by atoms with Crippen LogP contribution in [0.2, 0.25) is 0 Å². The molecular formula is C14H29NO. The number of aliphatic hydroxyl groups excluding tert-OH is 1. The maximum absolute atomic E-state index is 9.79. The van der Waals surface area contributed by atoms with Crippen molar-refractivity contribution in [2.45, 2.75) is 65.0 Å². The van der Waals surface area contributed by atoms with E-state index in [0.29, 0.717) is 6.04 Å². The lowest BCUT2D eigenvalue weighted by Gasteiger charge is -2.40. The Hall–Kier alpha value is -0.0800. The zero-order valence-corrected chi connectivity index (χ0v) is 11.4. The fourth-order valence-corrected chi connectivity index (χ4v) is 2.83. The van der Waals surface area contributed by atoms with Crippen LogP contribution in [0.15, 0.2) is 0 Å². The Labute approximate surface area is 101 Å². The van der Waals surface area contributed by atoms with Gasteiger partial charge in [-0.1, -0.05) is 27.2 Å². The number of hydrogen-bond acceptors (Lipinski definition) is 2. The first-order valence-corrected chi connectivity index (χ1v) is 6.92. The molecular weight excluding hydrogens is 198 g/mol. The largest absolute Gasteiger partial charge is 0.393 e. The normalized spacial score (nSPS) is 31.3. The van der Waals surface area contributed by atoms with E-state index in [2.05, 4.69) is 32.7 Å². The van der Waals surface area contributed by atoms with E-state index in [9.17, 15) is 5.11 Å². The van der Waals surface area contributed by atoms with Crippen LogP contribution in [0.3, 0.4) is 0 Å². The number of nitrogens with zero attached hydrogens (tertiary/aromatic N) is 1. The highest BCUT2D eigenvalue weighted by Gasteiger charge is 2.30. The van der Waals surface area contributed by atoms with Gasteiger partial charge in [-0.25, -0.2) is 0 Å². The molecule has 0 spiro atoms. The molecule has 1 aliphatic rings. The smallest absolute Gasteiger partial charge is 0.0555 e. The second kappa shape index (κ2) is 6.61. The molecule has 1 N–H and O–H groups in total. The van der Waals surface area contributed by atoms with Crippen LogP contribution in [0.4, 0.5) is 0 Å². The van der Waals surface area contributed by atoms with Crippen LogP contribution in [0, 0.1) is 11.8 Å². The third-order valence-electron chi connectivity index (χ3n) is 4.08. The summed E-state index contributed by atoms with van der Waals surface area (Å²) in [5, 5.41) is 9.79. The average Bonchev–Trinajstić information content (AvgIpc) is 2.25. The zero-order valence-electron chi connectivity index (χ0n) is 11.4. The van der Waals surface area contributed by atoms with Crippen molar-refractivity contribution in [3.05, 3.63) is 0 Å². The molecule has 1 saturated carbocycles.